The number of hydrogen-bond acceptors (Lipinski definition) is 2. The lowest BCUT2D eigenvalue weighted by Gasteiger charge is -2.25. The fraction of sp³-hybridized carbons (Fsp3) is 0.571. The third-order valence-electron chi connectivity index (χ3n) is 2.72. The van der Waals surface area contributed by atoms with E-state index in [0.29, 0.717) is 0 Å². The summed E-state index contributed by atoms with van der Waals surface area (Å²) in [6, 6.07) is 4.11. The minimum atomic E-state index is -0.504. The van der Waals surface area contributed by atoms with Crippen LogP contribution in [0.25, 0.3) is 0 Å². The van der Waals surface area contributed by atoms with Crippen LogP contribution in [0.3, 0.4) is 0 Å². The van der Waals surface area contributed by atoms with E-state index in [0.717, 1.165) is 22.4 Å². The zero-order valence-electron chi connectivity index (χ0n) is 11.1. The molecule has 0 saturated heterocycles. The zero-order chi connectivity index (χ0) is 12.5. The lowest BCUT2D eigenvalue weighted by Crippen LogP contribution is -2.15. The van der Waals surface area contributed by atoms with Gasteiger partial charge in [0.25, 0.3) is 0 Å². The number of aliphatic hydroxyl groups is 1. The van der Waals surface area contributed by atoms with Gasteiger partial charge in [0.15, 0.2) is 0 Å². The zero-order valence-corrected chi connectivity index (χ0v) is 11.1. The maximum Gasteiger partial charge on any atom is 0.128 e. The summed E-state index contributed by atoms with van der Waals surface area (Å²) >= 11 is 0. The highest BCUT2D eigenvalue weighted by Gasteiger charge is 2.23. The molecule has 0 bridgehead atoms. The first-order valence-corrected chi connectivity index (χ1v) is 5.64. The average Bonchev–Trinajstić information content (AvgIpc) is 2.14. The van der Waals surface area contributed by atoms with Crippen molar-refractivity contribution < 1.29 is 9.84 Å². The number of benzene rings is 1. The normalized spacial score (nSPS) is 13.7. The molecule has 0 aromatic heterocycles. The highest BCUT2D eigenvalue weighted by molar-refractivity contribution is 5.48. The molecule has 1 aromatic carbocycles. The van der Waals surface area contributed by atoms with E-state index >= 15 is 0 Å². The number of ether oxygens (including phenoxy) is 1. The summed E-state index contributed by atoms with van der Waals surface area (Å²) in [6.45, 7) is 10.3. The van der Waals surface area contributed by atoms with Crippen LogP contribution in [0, 0.1) is 6.92 Å². The molecule has 90 valence electrons. The fourth-order valence-corrected chi connectivity index (χ4v) is 1.90. The molecule has 0 saturated carbocycles. The predicted octanol–water partition coefficient (Wildman–Crippen LogP) is 3.35. The first-order chi connectivity index (χ1) is 7.27. The highest BCUT2D eigenvalue weighted by Crippen LogP contribution is 2.37. The number of aliphatic hydroxyl groups excluding tert-OH is 1. The third kappa shape index (κ3) is 2.56. The molecule has 0 radical (unpaired) electrons. The van der Waals surface area contributed by atoms with Crippen LogP contribution >= 0.6 is 0 Å². The summed E-state index contributed by atoms with van der Waals surface area (Å²) in [5.74, 6) is 0.813. The number of aryl methyl sites for hydroxylation is 1. The summed E-state index contributed by atoms with van der Waals surface area (Å²) in [5.41, 5.74) is 3.18. The largest absolute Gasteiger partial charge is 0.496 e. The average molecular weight is 222 g/mol. The van der Waals surface area contributed by atoms with Crippen molar-refractivity contribution in [3.63, 3.8) is 0 Å². The molecule has 0 aliphatic carbocycles. The Morgan fingerprint density at radius 2 is 1.81 bits per heavy atom. The molecular weight excluding hydrogens is 200 g/mol. The summed E-state index contributed by atoms with van der Waals surface area (Å²) in [6.07, 6.45) is -0.504. The van der Waals surface area contributed by atoms with Gasteiger partial charge in [0.05, 0.1) is 13.2 Å². The van der Waals surface area contributed by atoms with Gasteiger partial charge in [-0.2, -0.15) is 0 Å². The molecule has 2 heteroatoms. The van der Waals surface area contributed by atoms with E-state index in [2.05, 4.69) is 26.8 Å². The molecule has 16 heavy (non-hydrogen) atoms. The van der Waals surface area contributed by atoms with Crippen LogP contribution in [0.15, 0.2) is 12.1 Å². The monoisotopic (exact) mass is 222 g/mol. The van der Waals surface area contributed by atoms with Crippen molar-refractivity contribution in [2.75, 3.05) is 7.11 Å². The maximum atomic E-state index is 9.77. The van der Waals surface area contributed by atoms with Gasteiger partial charge in [0.2, 0.25) is 0 Å². The Hall–Kier alpha value is -1.02. The van der Waals surface area contributed by atoms with Gasteiger partial charge in [-0.15, -0.1) is 0 Å². The van der Waals surface area contributed by atoms with Gasteiger partial charge in [-0.1, -0.05) is 32.4 Å². The van der Waals surface area contributed by atoms with Crippen LogP contribution in [0.2, 0.25) is 0 Å². The Kier molecular flexibility index (Phi) is 3.64. The molecule has 1 unspecified atom stereocenters. The number of rotatable bonds is 2. The van der Waals surface area contributed by atoms with Crippen molar-refractivity contribution in [3.8, 4) is 5.75 Å². The van der Waals surface area contributed by atoms with Gasteiger partial charge >= 0.3 is 0 Å². The minimum Gasteiger partial charge on any atom is -0.496 e. The first kappa shape index (κ1) is 13.0. The molecule has 1 rings (SSSR count). The molecule has 0 spiro atoms. The third-order valence-corrected chi connectivity index (χ3v) is 2.72. The van der Waals surface area contributed by atoms with Gasteiger partial charge in [0, 0.05) is 11.1 Å². The topological polar surface area (TPSA) is 29.5 Å². The standard InChI is InChI=1S/C14H22O2/c1-9-7-11(10(2)15)13(16-6)12(8-9)14(3,4)5/h7-8,10,15H,1-6H3. The Morgan fingerprint density at radius 3 is 2.19 bits per heavy atom. The molecule has 0 amide bonds. The first-order valence-electron chi connectivity index (χ1n) is 5.64. The van der Waals surface area contributed by atoms with Gasteiger partial charge in [-0.3, -0.25) is 0 Å². The van der Waals surface area contributed by atoms with E-state index in [1.165, 1.54) is 0 Å². The molecule has 1 atom stereocenters. The van der Waals surface area contributed by atoms with Gasteiger partial charge in [0.1, 0.15) is 5.75 Å². The van der Waals surface area contributed by atoms with E-state index in [1.807, 2.05) is 13.0 Å². The van der Waals surface area contributed by atoms with Crippen molar-refractivity contribution >= 4 is 0 Å². The quantitative estimate of drug-likeness (QED) is 0.831. The maximum absolute atomic E-state index is 9.77. The van der Waals surface area contributed by atoms with E-state index in [9.17, 15) is 5.11 Å². The Bertz CT molecular complexity index is 373. The lowest BCUT2D eigenvalue weighted by molar-refractivity contribution is 0.193. The lowest BCUT2D eigenvalue weighted by atomic mass is 9.83. The van der Waals surface area contributed by atoms with Crippen LogP contribution in [-0.4, -0.2) is 12.2 Å². The molecule has 2 nitrogen and oxygen atoms in total. The molecule has 0 aliphatic heterocycles. The Labute approximate surface area is 98.3 Å². The predicted molar refractivity (Wildman–Crippen MR) is 67.1 cm³/mol. The smallest absolute Gasteiger partial charge is 0.128 e. The van der Waals surface area contributed by atoms with Crippen LogP contribution < -0.4 is 4.74 Å². The fourth-order valence-electron chi connectivity index (χ4n) is 1.90. The van der Waals surface area contributed by atoms with E-state index in [1.54, 1.807) is 14.0 Å². The van der Waals surface area contributed by atoms with Crippen molar-refractivity contribution in [2.45, 2.75) is 46.1 Å². The highest BCUT2D eigenvalue weighted by atomic mass is 16.5. The van der Waals surface area contributed by atoms with Crippen molar-refractivity contribution in [2.24, 2.45) is 0 Å². The van der Waals surface area contributed by atoms with Crippen LogP contribution in [0.1, 0.15) is 50.5 Å². The van der Waals surface area contributed by atoms with Crippen molar-refractivity contribution in [1.29, 1.82) is 0 Å². The molecule has 0 aliphatic rings. The molecule has 1 aromatic rings. The van der Waals surface area contributed by atoms with Crippen molar-refractivity contribution in [3.05, 3.63) is 28.8 Å². The SMILES string of the molecule is COc1c(C(C)O)cc(C)cc1C(C)(C)C. The van der Waals surface area contributed by atoms with E-state index < -0.39 is 6.10 Å². The summed E-state index contributed by atoms with van der Waals surface area (Å²) < 4.78 is 5.46. The Balaban J connectivity index is 3.49. The van der Waals surface area contributed by atoms with Gasteiger partial charge in [-0.25, -0.2) is 0 Å². The second-order valence-electron chi connectivity index (χ2n) is 5.36. The Morgan fingerprint density at radius 1 is 1.25 bits per heavy atom. The number of hydrogen-bond donors (Lipinski definition) is 1. The van der Waals surface area contributed by atoms with E-state index in [4.69, 9.17) is 4.74 Å². The summed E-state index contributed by atoms with van der Waals surface area (Å²) in [5, 5.41) is 9.77. The van der Waals surface area contributed by atoms with Crippen molar-refractivity contribution in [1.82, 2.24) is 0 Å². The molecule has 0 heterocycles. The summed E-state index contributed by atoms with van der Waals surface area (Å²) in [4.78, 5) is 0. The van der Waals surface area contributed by atoms with Crippen LogP contribution in [-0.2, 0) is 5.41 Å². The van der Waals surface area contributed by atoms with Gasteiger partial charge in [-0.05, 0) is 25.3 Å². The summed E-state index contributed by atoms with van der Waals surface area (Å²) in [7, 11) is 1.66. The second-order valence-corrected chi connectivity index (χ2v) is 5.36. The molecule has 0 fully saturated rings. The van der Waals surface area contributed by atoms with Crippen LogP contribution in [0.4, 0.5) is 0 Å². The molecule has 1 N–H and O–H groups in total. The number of methoxy groups -OCH3 is 1. The molecular formula is C14H22O2. The van der Waals surface area contributed by atoms with E-state index in [-0.39, 0.29) is 5.41 Å². The minimum absolute atomic E-state index is 0.0149. The second kappa shape index (κ2) is 4.46. The van der Waals surface area contributed by atoms with Crippen LogP contribution in [0.5, 0.6) is 5.75 Å². The van der Waals surface area contributed by atoms with Gasteiger partial charge < -0.3 is 9.84 Å².